The number of pyridine rings is 1. The van der Waals surface area contributed by atoms with E-state index in [0.29, 0.717) is 17.9 Å². The summed E-state index contributed by atoms with van der Waals surface area (Å²) >= 11 is 0. The average molecular weight is 294 g/mol. The maximum Gasteiger partial charge on any atom is 0.226 e. The van der Waals surface area contributed by atoms with E-state index in [9.17, 15) is 4.79 Å². The Bertz CT molecular complexity index is 704. The minimum Gasteiger partial charge on any atom is -0.365 e. The molecule has 1 aromatic heterocycles. The predicted molar refractivity (Wildman–Crippen MR) is 86.2 cm³/mol. The van der Waals surface area contributed by atoms with Gasteiger partial charge in [0, 0.05) is 24.3 Å². The van der Waals surface area contributed by atoms with Gasteiger partial charge < -0.3 is 10.6 Å². The Kier molecular flexibility index (Phi) is 5.10. The van der Waals surface area contributed by atoms with Gasteiger partial charge in [0.05, 0.1) is 5.56 Å². The summed E-state index contributed by atoms with van der Waals surface area (Å²) in [7, 11) is 0. The molecule has 0 atom stereocenters. The number of carbonyl (C=O) groups excluding carboxylic acids is 1. The van der Waals surface area contributed by atoms with Crippen LogP contribution in [-0.4, -0.2) is 10.9 Å². The van der Waals surface area contributed by atoms with Gasteiger partial charge >= 0.3 is 0 Å². The van der Waals surface area contributed by atoms with Crippen molar-refractivity contribution in [3.8, 4) is 6.07 Å². The number of benzene rings is 1. The zero-order valence-electron chi connectivity index (χ0n) is 12.6. The maximum absolute atomic E-state index is 11.7. The van der Waals surface area contributed by atoms with Crippen LogP contribution in [0.15, 0.2) is 42.6 Å². The summed E-state index contributed by atoms with van der Waals surface area (Å²) in [6.45, 7) is 4.23. The van der Waals surface area contributed by atoms with Crippen LogP contribution in [0.2, 0.25) is 0 Å². The highest BCUT2D eigenvalue weighted by atomic mass is 16.1. The fraction of sp³-hybridized carbons (Fsp3) is 0.235. The van der Waals surface area contributed by atoms with Crippen LogP contribution in [0.25, 0.3) is 0 Å². The number of nitrogens with one attached hydrogen (secondary N) is 2. The van der Waals surface area contributed by atoms with Gasteiger partial charge in [-0.1, -0.05) is 26.0 Å². The summed E-state index contributed by atoms with van der Waals surface area (Å²) in [5.41, 5.74) is 2.27. The molecule has 0 spiro atoms. The molecule has 0 aliphatic rings. The van der Waals surface area contributed by atoms with Crippen LogP contribution in [0, 0.1) is 17.2 Å². The van der Waals surface area contributed by atoms with E-state index in [2.05, 4.69) is 21.7 Å². The van der Waals surface area contributed by atoms with Crippen LogP contribution in [0.4, 0.5) is 11.5 Å². The van der Waals surface area contributed by atoms with Crippen molar-refractivity contribution in [2.45, 2.75) is 20.4 Å². The van der Waals surface area contributed by atoms with Gasteiger partial charge in [0.15, 0.2) is 0 Å². The lowest BCUT2D eigenvalue weighted by Gasteiger charge is -2.10. The molecule has 0 unspecified atom stereocenters. The third-order valence-electron chi connectivity index (χ3n) is 3.11. The number of nitriles is 1. The van der Waals surface area contributed by atoms with Crippen molar-refractivity contribution in [2.75, 3.05) is 10.6 Å². The van der Waals surface area contributed by atoms with Crippen LogP contribution in [0.1, 0.15) is 25.0 Å². The summed E-state index contributed by atoms with van der Waals surface area (Å²) in [6, 6.07) is 13.1. The van der Waals surface area contributed by atoms with Crippen LogP contribution in [0.3, 0.4) is 0 Å². The number of carbonyl (C=O) groups is 1. The standard InChI is InChI=1S/C17H18N4O/c1-12(2)17(22)21-15-7-3-5-13(9-15)11-20-16-14(10-18)6-4-8-19-16/h3-9,12H,11H2,1-2H3,(H,19,20)(H,21,22). The molecule has 2 N–H and O–H groups in total. The molecule has 0 bridgehead atoms. The fourth-order valence-corrected chi connectivity index (χ4v) is 1.87. The fourth-order valence-electron chi connectivity index (χ4n) is 1.87. The maximum atomic E-state index is 11.7. The molecule has 1 aromatic carbocycles. The van der Waals surface area contributed by atoms with E-state index >= 15 is 0 Å². The van der Waals surface area contributed by atoms with Crippen molar-refractivity contribution in [2.24, 2.45) is 5.92 Å². The summed E-state index contributed by atoms with van der Waals surface area (Å²) in [4.78, 5) is 15.9. The zero-order valence-corrected chi connectivity index (χ0v) is 12.6. The molecular formula is C17H18N4O. The van der Waals surface area contributed by atoms with Crippen LogP contribution in [0.5, 0.6) is 0 Å². The molecule has 22 heavy (non-hydrogen) atoms. The topological polar surface area (TPSA) is 77.8 Å². The Morgan fingerprint density at radius 2 is 2.14 bits per heavy atom. The van der Waals surface area contributed by atoms with E-state index in [0.717, 1.165) is 11.3 Å². The third kappa shape index (κ3) is 4.06. The minimum atomic E-state index is -0.0616. The Morgan fingerprint density at radius 1 is 1.32 bits per heavy atom. The first kappa shape index (κ1) is 15.5. The molecule has 5 nitrogen and oxygen atoms in total. The lowest BCUT2D eigenvalue weighted by molar-refractivity contribution is -0.118. The molecule has 0 saturated heterocycles. The third-order valence-corrected chi connectivity index (χ3v) is 3.11. The van der Waals surface area contributed by atoms with Gasteiger partial charge in [0.25, 0.3) is 0 Å². The van der Waals surface area contributed by atoms with Crippen LogP contribution in [-0.2, 0) is 11.3 Å². The van der Waals surface area contributed by atoms with E-state index in [1.54, 1.807) is 18.3 Å². The van der Waals surface area contributed by atoms with Crippen molar-refractivity contribution in [1.29, 1.82) is 5.26 Å². The Balaban J connectivity index is 2.05. The quantitative estimate of drug-likeness (QED) is 0.888. The Morgan fingerprint density at radius 3 is 2.86 bits per heavy atom. The Hall–Kier alpha value is -2.87. The van der Waals surface area contributed by atoms with Crippen molar-refractivity contribution < 1.29 is 4.79 Å². The first-order valence-electron chi connectivity index (χ1n) is 7.09. The highest BCUT2D eigenvalue weighted by Gasteiger charge is 2.07. The monoisotopic (exact) mass is 294 g/mol. The molecule has 112 valence electrons. The van der Waals surface area contributed by atoms with Gasteiger partial charge in [-0.25, -0.2) is 4.98 Å². The lowest BCUT2D eigenvalue weighted by Crippen LogP contribution is -2.17. The number of aromatic nitrogens is 1. The molecule has 0 aliphatic heterocycles. The molecular weight excluding hydrogens is 276 g/mol. The minimum absolute atomic E-state index is 0.0124. The smallest absolute Gasteiger partial charge is 0.226 e. The molecule has 0 fully saturated rings. The molecule has 1 amide bonds. The van der Waals surface area contributed by atoms with Gasteiger partial charge in [-0.3, -0.25) is 4.79 Å². The second-order valence-corrected chi connectivity index (χ2v) is 5.21. The van der Waals surface area contributed by atoms with E-state index in [1.807, 2.05) is 38.1 Å². The first-order chi connectivity index (χ1) is 10.6. The van der Waals surface area contributed by atoms with Crippen molar-refractivity contribution >= 4 is 17.4 Å². The molecule has 0 aliphatic carbocycles. The second-order valence-electron chi connectivity index (χ2n) is 5.21. The van der Waals surface area contributed by atoms with Crippen LogP contribution < -0.4 is 10.6 Å². The molecule has 2 aromatic rings. The number of nitrogens with zero attached hydrogens (tertiary/aromatic N) is 2. The molecule has 2 rings (SSSR count). The van der Waals surface area contributed by atoms with Gasteiger partial charge in [-0.05, 0) is 29.8 Å². The highest BCUT2D eigenvalue weighted by molar-refractivity contribution is 5.92. The van der Waals surface area contributed by atoms with Gasteiger partial charge in [0.2, 0.25) is 5.91 Å². The summed E-state index contributed by atoms with van der Waals surface area (Å²) in [5.74, 6) is 0.483. The molecule has 1 heterocycles. The van der Waals surface area contributed by atoms with E-state index in [4.69, 9.17) is 5.26 Å². The number of hydrogen-bond donors (Lipinski definition) is 2. The molecule has 0 radical (unpaired) electrons. The first-order valence-corrected chi connectivity index (χ1v) is 7.09. The number of amides is 1. The average Bonchev–Trinajstić information content (AvgIpc) is 2.53. The zero-order chi connectivity index (χ0) is 15.9. The largest absolute Gasteiger partial charge is 0.365 e. The number of hydrogen-bond acceptors (Lipinski definition) is 4. The summed E-state index contributed by atoms with van der Waals surface area (Å²) in [5, 5.41) is 15.0. The van der Waals surface area contributed by atoms with Crippen molar-refractivity contribution in [1.82, 2.24) is 4.98 Å². The highest BCUT2D eigenvalue weighted by Crippen LogP contribution is 2.15. The van der Waals surface area contributed by atoms with Gasteiger partial charge in [0.1, 0.15) is 11.9 Å². The van der Waals surface area contributed by atoms with Crippen molar-refractivity contribution in [3.05, 3.63) is 53.7 Å². The van der Waals surface area contributed by atoms with Gasteiger partial charge in [-0.2, -0.15) is 5.26 Å². The normalized spacial score (nSPS) is 10.1. The molecule has 0 saturated carbocycles. The van der Waals surface area contributed by atoms with Crippen molar-refractivity contribution in [3.63, 3.8) is 0 Å². The second kappa shape index (κ2) is 7.23. The lowest BCUT2D eigenvalue weighted by atomic mass is 10.1. The predicted octanol–water partition coefficient (Wildman–Crippen LogP) is 3.16. The SMILES string of the molecule is CC(C)C(=O)Nc1cccc(CNc2ncccc2C#N)c1. The van der Waals surface area contributed by atoms with E-state index < -0.39 is 0 Å². The van der Waals surface area contributed by atoms with Gasteiger partial charge in [-0.15, -0.1) is 0 Å². The number of rotatable bonds is 5. The summed E-state index contributed by atoms with van der Waals surface area (Å²) in [6.07, 6.45) is 1.64. The Labute approximate surface area is 130 Å². The number of anilines is 2. The molecule has 5 heteroatoms. The van der Waals surface area contributed by atoms with Crippen LogP contribution >= 0.6 is 0 Å². The van der Waals surface area contributed by atoms with E-state index in [1.165, 1.54) is 0 Å². The summed E-state index contributed by atoms with van der Waals surface area (Å²) < 4.78 is 0. The van der Waals surface area contributed by atoms with E-state index in [-0.39, 0.29) is 11.8 Å².